The fourth-order valence-corrected chi connectivity index (χ4v) is 1.24. The molecule has 2 atom stereocenters. The summed E-state index contributed by atoms with van der Waals surface area (Å²) in [5.41, 5.74) is 14.1. The zero-order valence-corrected chi connectivity index (χ0v) is 7.99. The molecule has 0 aliphatic rings. The van der Waals surface area contributed by atoms with Gasteiger partial charge in [0.1, 0.15) is 0 Å². The number of aryl methyl sites for hydroxylation is 1. The second-order valence-electron chi connectivity index (χ2n) is 3.40. The second kappa shape index (κ2) is 3.77. The van der Waals surface area contributed by atoms with Crippen molar-refractivity contribution in [3.63, 3.8) is 0 Å². The first-order valence-corrected chi connectivity index (χ1v) is 4.32. The van der Waals surface area contributed by atoms with Crippen molar-refractivity contribution in [2.45, 2.75) is 26.0 Å². The van der Waals surface area contributed by atoms with Gasteiger partial charge >= 0.3 is 0 Å². The minimum absolute atomic E-state index is 0.403. The number of rotatable bonds is 2. The highest BCUT2D eigenvalue weighted by Crippen LogP contribution is 2.22. The topological polar surface area (TPSA) is 72.3 Å². The first-order chi connectivity index (χ1) is 6.02. The van der Waals surface area contributed by atoms with E-state index in [0.717, 1.165) is 11.1 Å². The van der Waals surface area contributed by atoms with E-state index in [9.17, 15) is 5.11 Å². The van der Waals surface area contributed by atoms with E-state index in [-0.39, 0.29) is 0 Å². The fraction of sp³-hybridized carbons (Fsp3) is 0.400. The number of aliphatic hydroxyl groups is 1. The maximum absolute atomic E-state index is 9.31. The van der Waals surface area contributed by atoms with Gasteiger partial charge in [-0.25, -0.2) is 0 Å². The van der Waals surface area contributed by atoms with Gasteiger partial charge in [-0.2, -0.15) is 0 Å². The summed E-state index contributed by atoms with van der Waals surface area (Å²) in [5.74, 6) is 0. The maximum atomic E-state index is 9.31. The molecule has 0 spiro atoms. The molecule has 0 bridgehead atoms. The maximum Gasteiger partial charge on any atom is 0.0705 e. The van der Waals surface area contributed by atoms with Crippen molar-refractivity contribution in [3.05, 3.63) is 29.3 Å². The molecule has 0 amide bonds. The van der Waals surface area contributed by atoms with Gasteiger partial charge in [0.2, 0.25) is 0 Å². The van der Waals surface area contributed by atoms with Gasteiger partial charge in [-0.05, 0) is 25.5 Å². The lowest BCUT2D eigenvalue weighted by atomic mass is 9.99. The first kappa shape index (κ1) is 10.0. The summed E-state index contributed by atoms with van der Waals surface area (Å²) in [6.07, 6.45) is -0.580. The SMILES string of the molecule is Cc1ccc(N)c(C(N)C(C)O)c1. The van der Waals surface area contributed by atoms with Crippen molar-refractivity contribution in [1.29, 1.82) is 0 Å². The van der Waals surface area contributed by atoms with Crippen LogP contribution in [-0.4, -0.2) is 11.2 Å². The lowest BCUT2D eigenvalue weighted by Crippen LogP contribution is -2.24. The van der Waals surface area contributed by atoms with E-state index >= 15 is 0 Å². The summed E-state index contributed by atoms with van der Waals surface area (Å²) in [6.45, 7) is 3.63. The van der Waals surface area contributed by atoms with Crippen molar-refractivity contribution >= 4 is 5.69 Å². The van der Waals surface area contributed by atoms with Gasteiger partial charge in [0, 0.05) is 5.69 Å². The van der Waals surface area contributed by atoms with Gasteiger partial charge in [0.05, 0.1) is 12.1 Å². The van der Waals surface area contributed by atoms with Gasteiger partial charge in [-0.15, -0.1) is 0 Å². The molecule has 0 fully saturated rings. The minimum Gasteiger partial charge on any atom is -0.398 e. The molecule has 3 nitrogen and oxygen atoms in total. The van der Waals surface area contributed by atoms with Crippen molar-refractivity contribution in [2.75, 3.05) is 5.73 Å². The van der Waals surface area contributed by atoms with Crippen LogP contribution in [0.3, 0.4) is 0 Å². The normalized spacial score (nSPS) is 15.4. The zero-order valence-electron chi connectivity index (χ0n) is 7.99. The third kappa shape index (κ3) is 2.20. The molecule has 13 heavy (non-hydrogen) atoms. The van der Waals surface area contributed by atoms with Crippen molar-refractivity contribution in [2.24, 2.45) is 5.73 Å². The standard InChI is InChI=1S/C10H16N2O/c1-6-3-4-9(11)8(5-6)10(12)7(2)13/h3-5,7,10,13H,11-12H2,1-2H3. The van der Waals surface area contributed by atoms with Crippen molar-refractivity contribution < 1.29 is 5.11 Å². The molecular formula is C10H16N2O. The fourth-order valence-electron chi connectivity index (χ4n) is 1.24. The monoisotopic (exact) mass is 180 g/mol. The molecular weight excluding hydrogens is 164 g/mol. The Morgan fingerprint density at radius 1 is 1.38 bits per heavy atom. The number of benzene rings is 1. The number of hydrogen-bond acceptors (Lipinski definition) is 3. The summed E-state index contributed by atoms with van der Waals surface area (Å²) >= 11 is 0. The van der Waals surface area contributed by atoms with Crippen LogP contribution >= 0.6 is 0 Å². The quantitative estimate of drug-likeness (QED) is 0.593. The molecule has 0 radical (unpaired) electrons. The van der Waals surface area contributed by atoms with Crippen molar-refractivity contribution in [3.8, 4) is 0 Å². The molecule has 72 valence electrons. The van der Waals surface area contributed by atoms with E-state index in [1.54, 1.807) is 6.92 Å². The molecule has 1 rings (SSSR count). The van der Waals surface area contributed by atoms with Crippen LogP contribution in [0.25, 0.3) is 0 Å². The average Bonchev–Trinajstić information content (AvgIpc) is 2.08. The molecule has 2 unspecified atom stereocenters. The molecule has 1 aromatic carbocycles. The first-order valence-electron chi connectivity index (χ1n) is 4.32. The van der Waals surface area contributed by atoms with E-state index in [1.165, 1.54) is 0 Å². The van der Waals surface area contributed by atoms with E-state index < -0.39 is 12.1 Å². The Morgan fingerprint density at radius 2 is 2.00 bits per heavy atom. The predicted molar refractivity (Wildman–Crippen MR) is 54.2 cm³/mol. The Morgan fingerprint density at radius 3 is 2.54 bits per heavy atom. The van der Waals surface area contributed by atoms with Crippen molar-refractivity contribution in [1.82, 2.24) is 0 Å². The van der Waals surface area contributed by atoms with Gasteiger partial charge in [0.25, 0.3) is 0 Å². The molecule has 0 saturated carbocycles. The molecule has 0 aromatic heterocycles. The highest BCUT2D eigenvalue weighted by atomic mass is 16.3. The van der Waals surface area contributed by atoms with Gasteiger partial charge in [-0.3, -0.25) is 0 Å². The van der Waals surface area contributed by atoms with Gasteiger partial charge < -0.3 is 16.6 Å². The Kier molecular flexibility index (Phi) is 2.90. The molecule has 0 aliphatic carbocycles. The van der Waals surface area contributed by atoms with Crippen LogP contribution in [0, 0.1) is 6.92 Å². The third-order valence-electron chi connectivity index (χ3n) is 2.12. The number of aliphatic hydroxyl groups excluding tert-OH is 1. The molecule has 0 aliphatic heterocycles. The molecule has 3 heteroatoms. The molecule has 0 saturated heterocycles. The van der Waals surface area contributed by atoms with E-state index in [0.29, 0.717) is 5.69 Å². The van der Waals surface area contributed by atoms with Crippen LogP contribution < -0.4 is 11.5 Å². The van der Waals surface area contributed by atoms with Gasteiger partial charge in [-0.1, -0.05) is 17.7 Å². The highest BCUT2D eigenvalue weighted by Gasteiger charge is 2.14. The van der Waals surface area contributed by atoms with E-state index in [2.05, 4.69) is 0 Å². The summed E-state index contributed by atoms with van der Waals surface area (Å²) in [7, 11) is 0. The lowest BCUT2D eigenvalue weighted by Gasteiger charge is -2.17. The lowest BCUT2D eigenvalue weighted by molar-refractivity contribution is 0.164. The largest absolute Gasteiger partial charge is 0.398 e. The minimum atomic E-state index is -0.580. The summed E-state index contributed by atoms with van der Waals surface area (Å²) in [4.78, 5) is 0. The van der Waals surface area contributed by atoms with Crippen LogP contribution in [0.5, 0.6) is 0 Å². The summed E-state index contributed by atoms with van der Waals surface area (Å²) in [5, 5.41) is 9.31. The number of anilines is 1. The molecule has 1 aromatic rings. The van der Waals surface area contributed by atoms with Crippen LogP contribution in [0.4, 0.5) is 5.69 Å². The Balaban J connectivity index is 3.05. The number of hydrogen-bond donors (Lipinski definition) is 3. The Labute approximate surface area is 78.4 Å². The average molecular weight is 180 g/mol. The Bertz CT molecular complexity index is 297. The van der Waals surface area contributed by atoms with Crippen LogP contribution in [0.2, 0.25) is 0 Å². The third-order valence-corrected chi connectivity index (χ3v) is 2.12. The van der Waals surface area contributed by atoms with Crippen LogP contribution in [0.1, 0.15) is 24.1 Å². The number of nitrogens with two attached hydrogens (primary N) is 2. The predicted octanol–water partition coefficient (Wildman–Crippen LogP) is 0.958. The highest BCUT2D eigenvalue weighted by molar-refractivity contribution is 5.50. The Hall–Kier alpha value is -1.06. The smallest absolute Gasteiger partial charge is 0.0705 e. The number of nitrogen functional groups attached to an aromatic ring is 1. The summed E-state index contributed by atoms with van der Waals surface area (Å²) in [6, 6.07) is 5.24. The second-order valence-corrected chi connectivity index (χ2v) is 3.40. The van der Waals surface area contributed by atoms with Crippen LogP contribution in [0.15, 0.2) is 18.2 Å². The molecule has 0 heterocycles. The summed E-state index contributed by atoms with van der Waals surface area (Å²) < 4.78 is 0. The van der Waals surface area contributed by atoms with E-state index in [4.69, 9.17) is 11.5 Å². The van der Waals surface area contributed by atoms with Crippen LogP contribution in [-0.2, 0) is 0 Å². The van der Waals surface area contributed by atoms with E-state index in [1.807, 2.05) is 25.1 Å². The van der Waals surface area contributed by atoms with Gasteiger partial charge in [0.15, 0.2) is 0 Å². The molecule has 5 N–H and O–H groups in total. The zero-order chi connectivity index (χ0) is 10.0.